The zero-order valence-corrected chi connectivity index (χ0v) is 17.6. The molecule has 2 aliphatic heterocycles. The lowest BCUT2D eigenvalue weighted by Crippen LogP contribution is -2.52. The van der Waals surface area contributed by atoms with E-state index in [4.69, 9.17) is 4.74 Å². The van der Waals surface area contributed by atoms with Gasteiger partial charge in [-0.25, -0.2) is 4.79 Å². The Morgan fingerprint density at radius 2 is 1.86 bits per heavy atom. The summed E-state index contributed by atoms with van der Waals surface area (Å²) in [5, 5.41) is 14.5. The van der Waals surface area contributed by atoms with Crippen molar-refractivity contribution in [2.75, 3.05) is 37.6 Å². The van der Waals surface area contributed by atoms with E-state index in [1.54, 1.807) is 12.1 Å². The van der Waals surface area contributed by atoms with Crippen LogP contribution in [0, 0.1) is 16.0 Å². The Kier molecular flexibility index (Phi) is 6.62. The zero-order chi connectivity index (χ0) is 21.0. The molecule has 8 nitrogen and oxygen atoms in total. The van der Waals surface area contributed by atoms with E-state index in [2.05, 4.69) is 10.2 Å². The van der Waals surface area contributed by atoms with E-state index in [9.17, 15) is 14.9 Å². The highest BCUT2D eigenvalue weighted by molar-refractivity contribution is 5.68. The van der Waals surface area contributed by atoms with Crippen molar-refractivity contribution in [1.29, 1.82) is 0 Å². The fraction of sp³-hybridized carbons (Fsp3) is 0.667. The molecule has 1 unspecified atom stereocenters. The number of carbonyl (C=O) groups is 1. The standard InChI is InChI=1S/C21H32N4O4/c1-21(2,3)29-20(26)23-11-8-16(9-12-23)14-17-15-24(13-10-22-17)18-4-6-19(7-5-18)25(27)28/h4-7,16-17,22H,8-15H2,1-3H3. The van der Waals surface area contributed by atoms with Crippen LogP contribution < -0.4 is 10.2 Å². The molecule has 0 saturated carbocycles. The fourth-order valence-electron chi connectivity index (χ4n) is 4.08. The number of non-ortho nitro benzene ring substituents is 1. The number of hydrogen-bond donors (Lipinski definition) is 1. The van der Waals surface area contributed by atoms with E-state index in [0.717, 1.165) is 57.7 Å². The summed E-state index contributed by atoms with van der Waals surface area (Å²) in [4.78, 5) is 26.8. The van der Waals surface area contributed by atoms with Crippen LogP contribution in [0.3, 0.4) is 0 Å². The Balaban J connectivity index is 1.47. The van der Waals surface area contributed by atoms with Gasteiger partial charge in [-0.05, 0) is 58.1 Å². The van der Waals surface area contributed by atoms with E-state index in [0.29, 0.717) is 12.0 Å². The van der Waals surface area contributed by atoms with Crippen molar-refractivity contribution in [3.05, 3.63) is 34.4 Å². The normalized spacial score (nSPS) is 21.1. The van der Waals surface area contributed by atoms with Gasteiger partial charge < -0.3 is 19.9 Å². The summed E-state index contributed by atoms with van der Waals surface area (Å²) < 4.78 is 5.47. The summed E-state index contributed by atoms with van der Waals surface area (Å²) in [6.45, 7) is 9.86. The zero-order valence-electron chi connectivity index (χ0n) is 17.6. The lowest BCUT2D eigenvalue weighted by atomic mass is 9.89. The molecule has 0 spiro atoms. The number of nitro groups is 1. The molecule has 3 rings (SSSR count). The van der Waals surface area contributed by atoms with Crippen molar-refractivity contribution in [3.63, 3.8) is 0 Å². The van der Waals surface area contributed by atoms with Gasteiger partial charge in [-0.15, -0.1) is 0 Å². The van der Waals surface area contributed by atoms with Crippen LogP contribution >= 0.6 is 0 Å². The first-order chi connectivity index (χ1) is 13.7. The number of benzene rings is 1. The average Bonchev–Trinajstić information content (AvgIpc) is 2.67. The Hall–Kier alpha value is -2.35. The maximum absolute atomic E-state index is 12.2. The number of amides is 1. The first-order valence-corrected chi connectivity index (χ1v) is 10.4. The molecular formula is C21H32N4O4. The largest absolute Gasteiger partial charge is 0.444 e. The van der Waals surface area contributed by atoms with Crippen LogP contribution in [0.5, 0.6) is 0 Å². The molecule has 160 valence electrons. The van der Waals surface area contributed by atoms with Gasteiger partial charge in [0, 0.05) is 56.6 Å². The minimum atomic E-state index is -0.457. The van der Waals surface area contributed by atoms with Gasteiger partial charge in [-0.2, -0.15) is 0 Å². The van der Waals surface area contributed by atoms with Crippen molar-refractivity contribution in [2.45, 2.75) is 51.7 Å². The third kappa shape index (κ3) is 6.06. The first kappa shape index (κ1) is 21.4. The van der Waals surface area contributed by atoms with Crippen molar-refractivity contribution < 1.29 is 14.5 Å². The SMILES string of the molecule is CC(C)(C)OC(=O)N1CCC(CC2CN(c3ccc([N+](=O)[O-])cc3)CCN2)CC1. The molecule has 8 heteroatoms. The van der Waals surface area contributed by atoms with Gasteiger partial charge in [0.15, 0.2) is 0 Å². The second-order valence-electron chi connectivity index (χ2n) is 9.02. The van der Waals surface area contributed by atoms with Gasteiger partial charge in [0.2, 0.25) is 0 Å². The number of nitro benzene ring substituents is 1. The Morgan fingerprint density at radius 3 is 2.45 bits per heavy atom. The second kappa shape index (κ2) is 8.98. The predicted octanol–water partition coefficient (Wildman–Crippen LogP) is 3.41. The van der Waals surface area contributed by atoms with Gasteiger partial charge in [-0.1, -0.05) is 0 Å². The highest BCUT2D eigenvalue weighted by Gasteiger charge is 2.29. The van der Waals surface area contributed by atoms with E-state index in [1.807, 2.05) is 37.8 Å². The van der Waals surface area contributed by atoms with Gasteiger partial charge in [-0.3, -0.25) is 10.1 Å². The molecule has 1 aromatic carbocycles. The van der Waals surface area contributed by atoms with Crippen LogP contribution in [0.1, 0.15) is 40.0 Å². The maximum Gasteiger partial charge on any atom is 0.410 e. The van der Waals surface area contributed by atoms with Crippen LogP contribution in [-0.2, 0) is 4.74 Å². The third-order valence-electron chi connectivity index (χ3n) is 5.57. The number of carbonyl (C=O) groups excluding carboxylic acids is 1. The number of ether oxygens (including phenoxy) is 1. The van der Waals surface area contributed by atoms with Crippen LogP contribution in [-0.4, -0.2) is 60.3 Å². The van der Waals surface area contributed by atoms with E-state index < -0.39 is 5.60 Å². The third-order valence-corrected chi connectivity index (χ3v) is 5.57. The molecule has 2 aliphatic rings. The second-order valence-corrected chi connectivity index (χ2v) is 9.02. The number of nitrogens with zero attached hydrogens (tertiary/aromatic N) is 3. The summed E-state index contributed by atoms with van der Waals surface area (Å²) in [5.41, 5.74) is 0.695. The molecule has 1 atom stereocenters. The number of rotatable bonds is 4. The quantitative estimate of drug-likeness (QED) is 0.611. The number of likely N-dealkylation sites (tertiary alicyclic amines) is 1. The van der Waals surface area contributed by atoms with Gasteiger partial charge in [0.1, 0.15) is 5.60 Å². The summed E-state index contributed by atoms with van der Waals surface area (Å²) in [6.07, 6.45) is 2.85. The lowest BCUT2D eigenvalue weighted by Gasteiger charge is -2.39. The monoisotopic (exact) mass is 404 g/mol. The Bertz CT molecular complexity index is 708. The highest BCUT2D eigenvalue weighted by Crippen LogP contribution is 2.26. The summed E-state index contributed by atoms with van der Waals surface area (Å²) in [5.74, 6) is 0.586. The lowest BCUT2D eigenvalue weighted by molar-refractivity contribution is -0.384. The first-order valence-electron chi connectivity index (χ1n) is 10.4. The molecular weight excluding hydrogens is 372 g/mol. The molecule has 0 radical (unpaired) electrons. The Labute approximate surface area is 172 Å². The van der Waals surface area contributed by atoms with E-state index in [1.165, 1.54) is 0 Å². The number of hydrogen-bond acceptors (Lipinski definition) is 6. The predicted molar refractivity (Wildman–Crippen MR) is 112 cm³/mol. The Morgan fingerprint density at radius 1 is 1.21 bits per heavy atom. The number of piperazine rings is 1. The molecule has 1 N–H and O–H groups in total. The highest BCUT2D eigenvalue weighted by atomic mass is 16.6. The van der Waals surface area contributed by atoms with Crippen molar-refractivity contribution in [1.82, 2.24) is 10.2 Å². The van der Waals surface area contributed by atoms with Gasteiger partial charge in [0.05, 0.1) is 4.92 Å². The van der Waals surface area contributed by atoms with Crippen LogP contribution in [0.4, 0.5) is 16.2 Å². The molecule has 0 aliphatic carbocycles. The van der Waals surface area contributed by atoms with E-state index in [-0.39, 0.29) is 16.7 Å². The smallest absolute Gasteiger partial charge is 0.410 e. The van der Waals surface area contributed by atoms with Crippen LogP contribution in [0.15, 0.2) is 24.3 Å². The molecule has 0 bridgehead atoms. The number of piperidine rings is 1. The topological polar surface area (TPSA) is 88.0 Å². The minimum absolute atomic E-state index is 0.122. The molecule has 2 fully saturated rings. The fourth-order valence-corrected chi connectivity index (χ4v) is 4.08. The molecule has 2 heterocycles. The van der Waals surface area contributed by atoms with Crippen molar-refractivity contribution in [2.24, 2.45) is 5.92 Å². The van der Waals surface area contributed by atoms with Gasteiger partial charge in [0.25, 0.3) is 5.69 Å². The number of anilines is 1. The molecule has 29 heavy (non-hydrogen) atoms. The van der Waals surface area contributed by atoms with Crippen LogP contribution in [0.25, 0.3) is 0 Å². The van der Waals surface area contributed by atoms with Crippen molar-refractivity contribution in [3.8, 4) is 0 Å². The average molecular weight is 405 g/mol. The molecule has 2 saturated heterocycles. The maximum atomic E-state index is 12.2. The van der Waals surface area contributed by atoms with E-state index >= 15 is 0 Å². The summed E-state index contributed by atoms with van der Waals surface area (Å²) in [7, 11) is 0. The molecule has 1 amide bonds. The van der Waals surface area contributed by atoms with Crippen molar-refractivity contribution >= 4 is 17.5 Å². The molecule has 1 aromatic rings. The minimum Gasteiger partial charge on any atom is -0.444 e. The number of nitrogens with one attached hydrogen (secondary N) is 1. The van der Waals surface area contributed by atoms with Crippen LogP contribution in [0.2, 0.25) is 0 Å². The van der Waals surface area contributed by atoms with Gasteiger partial charge >= 0.3 is 6.09 Å². The molecule has 0 aromatic heterocycles. The summed E-state index contributed by atoms with van der Waals surface area (Å²) >= 11 is 0. The summed E-state index contributed by atoms with van der Waals surface area (Å²) in [6, 6.07) is 7.19.